The molecule has 172 valence electrons. The Labute approximate surface area is 212 Å². The predicted molar refractivity (Wildman–Crippen MR) is 157 cm³/mol. The molecule has 0 nitrogen and oxygen atoms in total. The Morgan fingerprint density at radius 1 is 0.333 bits per heavy atom. The van der Waals surface area contributed by atoms with Gasteiger partial charge in [-0.1, -0.05) is 146 Å². The lowest BCUT2D eigenvalue weighted by Gasteiger charge is -2.11. The van der Waals surface area contributed by atoms with Gasteiger partial charge in [0.05, 0.1) is 0 Å². The predicted octanol–water partition coefficient (Wildman–Crippen LogP) is 9.66. The van der Waals surface area contributed by atoms with E-state index in [0.717, 1.165) is 12.8 Å². The number of allylic oxidation sites excluding steroid dienone is 2. The zero-order valence-electron chi connectivity index (χ0n) is 20.3. The second-order valence-electron chi connectivity index (χ2n) is 9.29. The first kappa shape index (κ1) is 22.1. The molecule has 0 heterocycles. The van der Waals surface area contributed by atoms with E-state index in [1.165, 1.54) is 54.6 Å². The molecule has 0 amide bonds. The molecular formula is C36H28. The van der Waals surface area contributed by atoms with Gasteiger partial charge in [-0.2, -0.15) is 0 Å². The lowest BCUT2D eigenvalue weighted by Crippen LogP contribution is -1.91. The van der Waals surface area contributed by atoms with Gasteiger partial charge in [0.15, 0.2) is 0 Å². The first-order valence-corrected chi connectivity index (χ1v) is 12.6. The van der Waals surface area contributed by atoms with Crippen molar-refractivity contribution in [2.24, 2.45) is 0 Å². The minimum absolute atomic E-state index is 1.08. The lowest BCUT2D eigenvalue weighted by atomic mass is 9.93. The van der Waals surface area contributed by atoms with Crippen LogP contribution in [0.1, 0.15) is 22.3 Å². The molecule has 0 aromatic heterocycles. The summed E-state index contributed by atoms with van der Waals surface area (Å²) < 4.78 is 0. The van der Waals surface area contributed by atoms with E-state index in [1.54, 1.807) is 0 Å². The standard InChI is InChI=1S/2C13H10.C10H8/c2*1-4-10-6-2-8-12-9-3-7-11(5-1)13(10)12;1-2-6-10-8-4-3-7-9(10)5-1/h2*1-8H,9H2;1-8H. The van der Waals surface area contributed by atoms with E-state index in [4.69, 9.17) is 0 Å². The van der Waals surface area contributed by atoms with Gasteiger partial charge in [0.2, 0.25) is 0 Å². The van der Waals surface area contributed by atoms with Crippen LogP contribution in [0.4, 0.5) is 0 Å². The molecule has 2 aliphatic carbocycles. The molecule has 0 aliphatic heterocycles. The van der Waals surface area contributed by atoms with Crippen LogP contribution >= 0.6 is 0 Å². The SMILES string of the molecule is C1=Cc2cccc3cccc(c23)C1.C1=Cc2cccc3cccc(c23)C1.c1ccc2ccccc2c1. The van der Waals surface area contributed by atoms with Crippen LogP contribution in [0.3, 0.4) is 0 Å². The Kier molecular flexibility index (Phi) is 6.17. The minimum Gasteiger partial charge on any atom is -0.0795 e. The molecule has 0 unspecified atom stereocenters. The quantitative estimate of drug-likeness (QED) is 0.212. The highest BCUT2D eigenvalue weighted by atomic mass is 14.1. The second-order valence-corrected chi connectivity index (χ2v) is 9.29. The van der Waals surface area contributed by atoms with E-state index < -0.39 is 0 Å². The second kappa shape index (κ2) is 10.1. The molecule has 0 bridgehead atoms. The zero-order chi connectivity index (χ0) is 24.2. The van der Waals surface area contributed by atoms with Gasteiger partial charge in [-0.05, 0) is 67.4 Å². The first-order chi connectivity index (χ1) is 17.9. The molecule has 6 aromatic carbocycles. The van der Waals surface area contributed by atoms with E-state index in [2.05, 4.69) is 146 Å². The zero-order valence-corrected chi connectivity index (χ0v) is 20.3. The minimum atomic E-state index is 1.08. The summed E-state index contributed by atoms with van der Waals surface area (Å²) in [6, 6.07) is 42.8. The van der Waals surface area contributed by atoms with E-state index in [0.29, 0.717) is 0 Å². The van der Waals surface area contributed by atoms with Crippen LogP contribution in [0.2, 0.25) is 0 Å². The Balaban J connectivity index is 0.000000101. The van der Waals surface area contributed by atoms with Crippen molar-refractivity contribution in [1.82, 2.24) is 0 Å². The van der Waals surface area contributed by atoms with Crippen LogP contribution in [0, 0.1) is 0 Å². The monoisotopic (exact) mass is 460 g/mol. The van der Waals surface area contributed by atoms with E-state index in [9.17, 15) is 0 Å². The van der Waals surface area contributed by atoms with Crippen LogP contribution in [0.25, 0.3) is 44.5 Å². The van der Waals surface area contributed by atoms with Crippen molar-refractivity contribution in [2.45, 2.75) is 12.8 Å². The molecule has 2 aliphatic rings. The van der Waals surface area contributed by atoms with E-state index in [-0.39, 0.29) is 0 Å². The third-order valence-electron chi connectivity index (χ3n) is 6.98. The molecule has 36 heavy (non-hydrogen) atoms. The van der Waals surface area contributed by atoms with E-state index >= 15 is 0 Å². The summed E-state index contributed by atoms with van der Waals surface area (Å²) in [5.41, 5.74) is 5.63. The Hall–Kier alpha value is -4.42. The van der Waals surface area contributed by atoms with Crippen molar-refractivity contribution in [3.8, 4) is 0 Å². The van der Waals surface area contributed by atoms with Crippen LogP contribution < -0.4 is 0 Å². The molecular weight excluding hydrogens is 432 g/mol. The van der Waals surface area contributed by atoms with Crippen molar-refractivity contribution >= 4 is 44.5 Å². The van der Waals surface area contributed by atoms with Crippen molar-refractivity contribution in [1.29, 1.82) is 0 Å². The third-order valence-corrected chi connectivity index (χ3v) is 6.98. The summed E-state index contributed by atoms with van der Waals surface area (Å²) in [5, 5.41) is 8.22. The van der Waals surface area contributed by atoms with Gasteiger partial charge < -0.3 is 0 Å². The topological polar surface area (TPSA) is 0 Å². The van der Waals surface area contributed by atoms with Crippen LogP contribution in [0.5, 0.6) is 0 Å². The summed E-state index contributed by atoms with van der Waals surface area (Å²) in [6.07, 6.45) is 11.1. The molecule has 8 rings (SSSR count). The fourth-order valence-corrected chi connectivity index (χ4v) is 5.28. The lowest BCUT2D eigenvalue weighted by molar-refractivity contribution is 1.29. The molecule has 0 saturated heterocycles. The van der Waals surface area contributed by atoms with Crippen molar-refractivity contribution in [2.75, 3.05) is 0 Å². The normalized spacial score (nSPS) is 12.6. The van der Waals surface area contributed by atoms with Crippen LogP contribution in [-0.4, -0.2) is 0 Å². The maximum absolute atomic E-state index is 2.23. The fraction of sp³-hybridized carbons (Fsp3) is 0.0556. The maximum Gasteiger partial charge on any atom is -0.00763 e. The largest absolute Gasteiger partial charge is 0.0795 e. The Morgan fingerprint density at radius 3 is 1.11 bits per heavy atom. The molecule has 0 spiro atoms. The number of hydrogen-bond acceptors (Lipinski definition) is 0. The number of rotatable bonds is 0. The molecule has 0 N–H and O–H groups in total. The third kappa shape index (κ3) is 4.46. The summed E-state index contributed by atoms with van der Waals surface area (Å²) in [7, 11) is 0. The molecule has 0 saturated carbocycles. The van der Waals surface area contributed by atoms with Gasteiger partial charge in [-0.15, -0.1) is 0 Å². The number of hydrogen-bond donors (Lipinski definition) is 0. The molecule has 0 fully saturated rings. The summed E-state index contributed by atoms with van der Waals surface area (Å²) in [5.74, 6) is 0. The van der Waals surface area contributed by atoms with Crippen LogP contribution in [-0.2, 0) is 12.8 Å². The number of fused-ring (bicyclic) bond motifs is 1. The highest BCUT2D eigenvalue weighted by Gasteiger charge is 2.07. The van der Waals surface area contributed by atoms with Gasteiger partial charge in [-0.25, -0.2) is 0 Å². The summed E-state index contributed by atoms with van der Waals surface area (Å²) in [4.78, 5) is 0. The highest BCUT2D eigenvalue weighted by Crippen LogP contribution is 2.29. The van der Waals surface area contributed by atoms with Gasteiger partial charge in [0.25, 0.3) is 0 Å². The summed E-state index contributed by atoms with van der Waals surface area (Å²) in [6.45, 7) is 0. The average molecular weight is 461 g/mol. The highest BCUT2D eigenvalue weighted by molar-refractivity contribution is 5.95. The molecule has 0 atom stereocenters. The molecule has 0 heteroatoms. The molecule has 0 radical (unpaired) electrons. The average Bonchev–Trinajstić information content (AvgIpc) is 2.95. The van der Waals surface area contributed by atoms with Gasteiger partial charge in [-0.3, -0.25) is 0 Å². The Bertz CT molecular complexity index is 1560. The first-order valence-electron chi connectivity index (χ1n) is 12.6. The smallest absolute Gasteiger partial charge is 0.00763 e. The van der Waals surface area contributed by atoms with Gasteiger partial charge in [0, 0.05) is 0 Å². The van der Waals surface area contributed by atoms with Crippen LogP contribution in [0.15, 0.2) is 133 Å². The summed E-state index contributed by atoms with van der Waals surface area (Å²) >= 11 is 0. The van der Waals surface area contributed by atoms with E-state index in [1.807, 2.05) is 0 Å². The fourth-order valence-electron chi connectivity index (χ4n) is 5.28. The van der Waals surface area contributed by atoms with Gasteiger partial charge >= 0.3 is 0 Å². The van der Waals surface area contributed by atoms with Gasteiger partial charge in [0.1, 0.15) is 0 Å². The van der Waals surface area contributed by atoms with Crippen molar-refractivity contribution in [3.63, 3.8) is 0 Å². The van der Waals surface area contributed by atoms with Crippen molar-refractivity contribution in [3.05, 3.63) is 156 Å². The molecule has 6 aromatic rings. The van der Waals surface area contributed by atoms with Crippen molar-refractivity contribution < 1.29 is 0 Å². The maximum atomic E-state index is 2.23. The Morgan fingerprint density at radius 2 is 0.694 bits per heavy atom. The number of benzene rings is 6.